The predicted molar refractivity (Wildman–Crippen MR) is 73.3 cm³/mol. The van der Waals surface area contributed by atoms with E-state index in [1.807, 2.05) is 6.07 Å². The number of halogens is 2. The van der Waals surface area contributed by atoms with Gasteiger partial charge in [0.1, 0.15) is 0 Å². The fourth-order valence-corrected chi connectivity index (χ4v) is 2.30. The summed E-state index contributed by atoms with van der Waals surface area (Å²) in [5.41, 5.74) is 0.971. The van der Waals surface area contributed by atoms with Gasteiger partial charge in [0.15, 0.2) is 11.5 Å². The number of hydrogen-bond acceptors (Lipinski definition) is 3. The summed E-state index contributed by atoms with van der Waals surface area (Å²) in [5, 5.41) is 3.47. The van der Waals surface area contributed by atoms with E-state index in [9.17, 15) is 8.78 Å². The fraction of sp³-hybridized carbons (Fsp3) is 0.600. The SMILES string of the molecule is COc1ccc(CNC(C)(C)C2CC2)cc1OC(F)F. The Kier molecular flexibility index (Phi) is 4.48. The smallest absolute Gasteiger partial charge is 0.387 e. The van der Waals surface area contributed by atoms with E-state index in [2.05, 4.69) is 23.9 Å². The number of alkyl halides is 2. The highest BCUT2D eigenvalue weighted by molar-refractivity contribution is 5.43. The Hall–Kier alpha value is -1.36. The summed E-state index contributed by atoms with van der Waals surface area (Å²) in [5.74, 6) is 1.10. The molecule has 0 atom stereocenters. The maximum Gasteiger partial charge on any atom is 0.387 e. The number of rotatable bonds is 7. The van der Waals surface area contributed by atoms with Crippen LogP contribution in [0.15, 0.2) is 18.2 Å². The Morgan fingerprint density at radius 3 is 2.55 bits per heavy atom. The zero-order valence-corrected chi connectivity index (χ0v) is 12.1. The molecule has 0 amide bonds. The van der Waals surface area contributed by atoms with E-state index in [4.69, 9.17) is 4.74 Å². The van der Waals surface area contributed by atoms with Crippen LogP contribution in [0.25, 0.3) is 0 Å². The van der Waals surface area contributed by atoms with Crippen molar-refractivity contribution in [2.45, 2.75) is 45.4 Å². The molecule has 0 aliphatic heterocycles. The van der Waals surface area contributed by atoms with Crippen molar-refractivity contribution in [3.63, 3.8) is 0 Å². The molecule has 1 fully saturated rings. The Morgan fingerprint density at radius 1 is 1.30 bits per heavy atom. The first-order valence-electron chi connectivity index (χ1n) is 6.79. The molecule has 0 radical (unpaired) electrons. The molecule has 112 valence electrons. The minimum Gasteiger partial charge on any atom is -0.493 e. The molecular weight excluding hydrogens is 264 g/mol. The van der Waals surface area contributed by atoms with Crippen LogP contribution in [0.3, 0.4) is 0 Å². The lowest BCUT2D eigenvalue weighted by atomic mass is 9.98. The van der Waals surface area contributed by atoms with Crippen molar-refractivity contribution >= 4 is 0 Å². The van der Waals surface area contributed by atoms with Gasteiger partial charge in [0, 0.05) is 12.1 Å². The van der Waals surface area contributed by atoms with E-state index in [-0.39, 0.29) is 11.3 Å². The standard InChI is InChI=1S/C15H21F2NO2/c1-15(2,11-5-6-11)18-9-10-4-7-12(19-3)13(8-10)20-14(16)17/h4,7-8,11,14,18H,5-6,9H2,1-3H3. The topological polar surface area (TPSA) is 30.5 Å². The van der Waals surface area contributed by atoms with Crippen LogP contribution in [0, 0.1) is 5.92 Å². The van der Waals surface area contributed by atoms with Crippen LogP contribution >= 0.6 is 0 Å². The number of nitrogens with one attached hydrogen (secondary N) is 1. The third-order valence-electron chi connectivity index (χ3n) is 3.79. The first-order valence-corrected chi connectivity index (χ1v) is 6.79. The third-order valence-corrected chi connectivity index (χ3v) is 3.79. The van der Waals surface area contributed by atoms with Crippen LogP contribution in [-0.2, 0) is 6.54 Å². The summed E-state index contributed by atoms with van der Waals surface area (Å²) in [6.45, 7) is 2.11. The van der Waals surface area contributed by atoms with E-state index < -0.39 is 6.61 Å². The molecule has 0 heterocycles. The molecule has 1 aromatic rings. The Morgan fingerprint density at radius 2 is 2.00 bits per heavy atom. The summed E-state index contributed by atoms with van der Waals surface area (Å²) in [6.07, 6.45) is 2.50. The van der Waals surface area contributed by atoms with Crippen LogP contribution in [0.5, 0.6) is 11.5 Å². The summed E-state index contributed by atoms with van der Waals surface area (Å²) < 4.78 is 34.2. The Balaban J connectivity index is 2.04. The lowest BCUT2D eigenvalue weighted by Gasteiger charge is -2.26. The molecule has 0 saturated heterocycles. The van der Waals surface area contributed by atoms with Crippen molar-refractivity contribution < 1.29 is 18.3 Å². The third kappa shape index (κ3) is 3.82. The van der Waals surface area contributed by atoms with Crippen molar-refractivity contribution in [3.8, 4) is 11.5 Å². The van der Waals surface area contributed by atoms with Gasteiger partial charge < -0.3 is 14.8 Å². The molecule has 0 unspecified atom stereocenters. The van der Waals surface area contributed by atoms with Crippen molar-refractivity contribution in [1.82, 2.24) is 5.32 Å². The normalized spacial score (nSPS) is 15.5. The average molecular weight is 285 g/mol. The second kappa shape index (κ2) is 5.95. The Bertz CT molecular complexity index is 459. The maximum absolute atomic E-state index is 12.4. The molecule has 5 heteroatoms. The minimum atomic E-state index is -2.85. The van der Waals surface area contributed by atoms with Crippen molar-refractivity contribution in [1.29, 1.82) is 0 Å². The quantitative estimate of drug-likeness (QED) is 0.830. The first kappa shape index (κ1) is 15.0. The van der Waals surface area contributed by atoms with E-state index in [0.29, 0.717) is 18.2 Å². The van der Waals surface area contributed by atoms with Gasteiger partial charge in [-0.05, 0) is 50.3 Å². The van der Waals surface area contributed by atoms with E-state index in [1.165, 1.54) is 20.0 Å². The van der Waals surface area contributed by atoms with E-state index >= 15 is 0 Å². The lowest BCUT2D eigenvalue weighted by molar-refractivity contribution is -0.0512. The van der Waals surface area contributed by atoms with Gasteiger partial charge in [-0.15, -0.1) is 0 Å². The number of benzene rings is 1. The van der Waals surface area contributed by atoms with Gasteiger partial charge in [-0.25, -0.2) is 0 Å². The molecule has 1 N–H and O–H groups in total. The maximum atomic E-state index is 12.4. The summed E-state index contributed by atoms with van der Waals surface area (Å²) in [4.78, 5) is 0. The van der Waals surface area contributed by atoms with Gasteiger partial charge >= 0.3 is 6.61 Å². The number of hydrogen-bond donors (Lipinski definition) is 1. The molecular formula is C15H21F2NO2. The summed E-state index contributed by atoms with van der Waals surface area (Å²) in [7, 11) is 1.43. The number of ether oxygens (including phenoxy) is 2. The van der Waals surface area contributed by atoms with E-state index in [1.54, 1.807) is 12.1 Å². The molecule has 20 heavy (non-hydrogen) atoms. The minimum absolute atomic E-state index is 0.0731. The van der Waals surface area contributed by atoms with Crippen LogP contribution in [0.1, 0.15) is 32.3 Å². The van der Waals surface area contributed by atoms with Crippen LogP contribution in [0.2, 0.25) is 0 Å². The van der Waals surface area contributed by atoms with E-state index in [0.717, 1.165) is 5.56 Å². The second-order valence-corrected chi connectivity index (χ2v) is 5.71. The van der Waals surface area contributed by atoms with Crippen molar-refractivity contribution in [3.05, 3.63) is 23.8 Å². The van der Waals surface area contributed by atoms with Gasteiger partial charge in [-0.1, -0.05) is 6.07 Å². The number of methoxy groups -OCH3 is 1. The Labute approximate surface area is 118 Å². The molecule has 1 aromatic carbocycles. The van der Waals surface area contributed by atoms with Crippen LogP contribution in [0.4, 0.5) is 8.78 Å². The van der Waals surface area contributed by atoms with Gasteiger partial charge in [0.25, 0.3) is 0 Å². The summed E-state index contributed by atoms with van der Waals surface area (Å²) in [6, 6.07) is 5.10. The highest BCUT2D eigenvalue weighted by atomic mass is 19.3. The predicted octanol–water partition coefficient (Wildman–Crippen LogP) is 3.57. The molecule has 2 rings (SSSR count). The molecule has 0 spiro atoms. The van der Waals surface area contributed by atoms with Gasteiger partial charge in [-0.2, -0.15) is 8.78 Å². The largest absolute Gasteiger partial charge is 0.493 e. The van der Waals surface area contributed by atoms with Gasteiger partial charge in [-0.3, -0.25) is 0 Å². The van der Waals surface area contributed by atoms with Gasteiger partial charge in [0.05, 0.1) is 7.11 Å². The van der Waals surface area contributed by atoms with Gasteiger partial charge in [0.2, 0.25) is 0 Å². The lowest BCUT2D eigenvalue weighted by Crippen LogP contribution is -2.40. The molecule has 1 aliphatic rings. The highest BCUT2D eigenvalue weighted by Crippen LogP contribution is 2.39. The zero-order chi connectivity index (χ0) is 14.8. The fourth-order valence-electron chi connectivity index (χ4n) is 2.30. The van der Waals surface area contributed by atoms with Crippen LogP contribution < -0.4 is 14.8 Å². The molecule has 0 aromatic heterocycles. The van der Waals surface area contributed by atoms with Crippen LogP contribution in [-0.4, -0.2) is 19.3 Å². The molecule has 1 saturated carbocycles. The average Bonchev–Trinajstić information content (AvgIpc) is 3.20. The molecule has 3 nitrogen and oxygen atoms in total. The zero-order valence-electron chi connectivity index (χ0n) is 12.1. The first-order chi connectivity index (χ1) is 9.42. The molecule has 0 bridgehead atoms. The molecule has 1 aliphatic carbocycles. The second-order valence-electron chi connectivity index (χ2n) is 5.71. The van der Waals surface area contributed by atoms with Crippen molar-refractivity contribution in [2.75, 3.05) is 7.11 Å². The van der Waals surface area contributed by atoms with Crippen molar-refractivity contribution in [2.24, 2.45) is 5.92 Å². The summed E-state index contributed by atoms with van der Waals surface area (Å²) >= 11 is 0. The highest BCUT2D eigenvalue weighted by Gasteiger charge is 2.37. The monoisotopic (exact) mass is 285 g/mol.